The molecule has 0 aliphatic carbocycles. The lowest BCUT2D eigenvalue weighted by Gasteiger charge is -2.34. The highest BCUT2D eigenvalue weighted by Crippen LogP contribution is 2.31. The average molecular weight is 289 g/mol. The summed E-state index contributed by atoms with van der Waals surface area (Å²) < 4.78 is 0. The lowest BCUT2D eigenvalue weighted by Crippen LogP contribution is -2.35. The molecule has 2 nitrogen and oxygen atoms in total. The third-order valence-corrected chi connectivity index (χ3v) is 4.68. The van der Waals surface area contributed by atoms with E-state index in [0.717, 1.165) is 30.4 Å². The standard InChI is InChI=1S/C17H21ClN2/c1-2-13-6-5-9-20(12-13)17-16-8-4-3-7-15(16)14(10-18)11-19-17/h3-4,7-8,11,13H,2,5-6,9-10,12H2,1H3. The Hall–Kier alpha value is -1.28. The molecule has 0 radical (unpaired) electrons. The first-order chi connectivity index (χ1) is 9.83. The third kappa shape index (κ3) is 2.49. The second-order valence-corrected chi connectivity index (χ2v) is 5.92. The average Bonchev–Trinajstić information content (AvgIpc) is 2.54. The van der Waals surface area contributed by atoms with Gasteiger partial charge in [0.25, 0.3) is 0 Å². The highest BCUT2D eigenvalue weighted by molar-refractivity contribution is 6.18. The summed E-state index contributed by atoms with van der Waals surface area (Å²) in [4.78, 5) is 7.17. The Balaban J connectivity index is 2.03. The highest BCUT2D eigenvalue weighted by atomic mass is 35.5. The molecule has 2 heterocycles. The van der Waals surface area contributed by atoms with Crippen molar-refractivity contribution >= 4 is 28.2 Å². The van der Waals surface area contributed by atoms with Crippen molar-refractivity contribution in [1.29, 1.82) is 0 Å². The van der Waals surface area contributed by atoms with E-state index in [0.29, 0.717) is 5.88 Å². The minimum atomic E-state index is 0.519. The molecule has 0 saturated carbocycles. The van der Waals surface area contributed by atoms with Crippen molar-refractivity contribution in [3.8, 4) is 0 Å². The molecular formula is C17H21ClN2. The van der Waals surface area contributed by atoms with Crippen LogP contribution >= 0.6 is 11.6 Å². The maximum absolute atomic E-state index is 6.04. The molecular weight excluding hydrogens is 268 g/mol. The van der Waals surface area contributed by atoms with Crippen LogP contribution in [0.2, 0.25) is 0 Å². The van der Waals surface area contributed by atoms with Crippen LogP contribution < -0.4 is 4.90 Å². The van der Waals surface area contributed by atoms with E-state index in [-0.39, 0.29) is 0 Å². The SMILES string of the molecule is CCC1CCCN(c2ncc(CCl)c3ccccc23)C1. The van der Waals surface area contributed by atoms with Crippen molar-refractivity contribution in [3.63, 3.8) is 0 Å². The highest BCUT2D eigenvalue weighted by Gasteiger charge is 2.21. The number of aromatic nitrogens is 1. The zero-order valence-electron chi connectivity index (χ0n) is 12.0. The van der Waals surface area contributed by atoms with Crippen LogP contribution in [0.25, 0.3) is 10.8 Å². The second kappa shape index (κ2) is 6.01. The Morgan fingerprint density at radius 3 is 2.85 bits per heavy atom. The molecule has 3 heteroatoms. The van der Waals surface area contributed by atoms with Crippen LogP contribution in [0.15, 0.2) is 30.5 Å². The zero-order chi connectivity index (χ0) is 13.9. The molecule has 1 aromatic carbocycles. The molecule has 1 fully saturated rings. The number of anilines is 1. The van der Waals surface area contributed by atoms with Gasteiger partial charge in [0.15, 0.2) is 0 Å². The van der Waals surface area contributed by atoms with Crippen LogP contribution in [-0.4, -0.2) is 18.1 Å². The molecule has 1 atom stereocenters. The van der Waals surface area contributed by atoms with Gasteiger partial charge in [0.05, 0.1) is 0 Å². The first-order valence-electron chi connectivity index (χ1n) is 7.51. The fourth-order valence-corrected chi connectivity index (χ4v) is 3.40. The van der Waals surface area contributed by atoms with Crippen molar-refractivity contribution < 1.29 is 0 Å². The number of halogens is 1. The van der Waals surface area contributed by atoms with Crippen LogP contribution in [0.4, 0.5) is 5.82 Å². The number of rotatable bonds is 3. The van der Waals surface area contributed by atoms with Crippen LogP contribution in [0, 0.1) is 5.92 Å². The fourth-order valence-electron chi connectivity index (χ4n) is 3.19. The van der Waals surface area contributed by atoms with E-state index in [9.17, 15) is 0 Å². The lowest BCUT2D eigenvalue weighted by molar-refractivity contribution is 0.403. The predicted octanol–water partition coefficient (Wildman–Crippen LogP) is 4.60. The summed E-state index contributed by atoms with van der Waals surface area (Å²) in [6.07, 6.45) is 5.82. The zero-order valence-corrected chi connectivity index (χ0v) is 12.7. The normalized spacial score (nSPS) is 19.5. The summed E-state index contributed by atoms with van der Waals surface area (Å²) in [7, 11) is 0. The molecule has 106 valence electrons. The summed E-state index contributed by atoms with van der Waals surface area (Å²) >= 11 is 6.04. The number of piperidine rings is 1. The topological polar surface area (TPSA) is 16.1 Å². The van der Waals surface area contributed by atoms with Gasteiger partial charge in [0.2, 0.25) is 0 Å². The molecule has 0 spiro atoms. The number of alkyl halides is 1. The van der Waals surface area contributed by atoms with E-state index in [2.05, 4.69) is 36.1 Å². The van der Waals surface area contributed by atoms with Gasteiger partial charge in [-0.15, -0.1) is 11.6 Å². The van der Waals surface area contributed by atoms with Crippen LogP contribution in [0.5, 0.6) is 0 Å². The Morgan fingerprint density at radius 2 is 2.10 bits per heavy atom. The molecule has 1 saturated heterocycles. The fraction of sp³-hybridized carbons (Fsp3) is 0.471. The molecule has 20 heavy (non-hydrogen) atoms. The van der Waals surface area contributed by atoms with Gasteiger partial charge in [-0.2, -0.15) is 0 Å². The van der Waals surface area contributed by atoms with E-state index in [4.69, 9.17) is 16.6 Å². The first-order valence-corrected chi connectivity index (χ1v) is 8.04. The van der Waals surface area contributed by atoms with E-state index >= 15 is 0 Å². The second-order valence-electron chi connectivity index (χ2n) is 5.65. The molecule has 1 aromatic heterocycles. The van der Waals surface area contributed by atoms with Gasteiger partial charge in [-0.25, -0.2) is 4.98 Å². The summed E-state index contributed by atoms with van der Waals surface area (Å²) in [6, 6.07) is 8.49. The maximum atomic E-state index is 6.04. The molecule has 1 aliphatic rings. The van der Waals surface area contributed by atoms with Gasteiger partial charge in [-0.05, 0) is 29.7 Å². The summed E-state index contributed by atoms with van der Waals surface area (Å²) in [5, 5.41) is 2.48. The van der Waals surface area contributed by atoms with Crippen LogP contribution in [0.3, 0.4) is 0 Å². The van der Waals surface area contributed by atoms with Crippen molar-refractivity contribution in [2.45, 2.75) is 32.1 Å². The molecule has 3 rings (SSSR count). The van der Waals surface area contributed by atoms with Crippen molar-refractivity contribution in [1.82, 2.24) is 4.98 Å². The number of hydrogen-bond acceptors (Lipinski definition) is 2. The summed E-state index contributed by atoms with van der Waals surface area (Å²) in [5.41, 5.74) is 1.12. The molecule has 1 aliphatic heterocycles. The van der Waals surface area contributed by atoms with E-state index in [1.807, 2.05) is 6.20 Å². The maximum Gasteiger partial charge on any atom is 0.136 e. The Kier molecular flexibility index (Phi) is 4.11. The monoisotopic (exact) mass is 288 g/mol. The van der Waals surface area contributed by atoms with Crippen molar-refractivity contribution in [2.24, 2.45) is 5.92 Å². The lowest BCUT2D eigenvalue weighted by atomic mass is 9.95. The van der Waals surface area contributed by atoms with Crippen LogP contribution in [0.1, 0.15) is 31.7 Å². The molecule has 0 bridgehead atoms. The minimum Gasteiger partial charge on any atom is -0.356 e. The first kappa shape index (κ1) is 13.7. The van der Waals surface area contributed by atoms with Gasteiger partial charge < -0.3 is 4.90 Å². The van der Waals surface area contributed by atoms with Gasteiger partial charge >= 0.3 is 0 Å². The van der Waals surface area contributed by atoms with E-state index in [1.54, 1.807) is 0 Å². The van der Waals surface area contributed by atoms with Crippen molar-refractivity contribution in [3.05, 3.63) is 36.0 Å². The number of fused-ring (bicyclic) bond motifs is 1. The minimum absolute atomic E-state index is 0.519. The number of nitrogens with zero attached hydrogens (tertiary/aromatic N) is 2. The molecule has 2 aromatic rings. The predicted molar refractivity (Wildman–Crippen MR) is 86.5 cm³/mol. The smallest absolute Gasteiger partial charge is 0.136 e. The van der Waals surface area contributed by atoms with E-state index < -0.39 is 0 Å². The van der Waals surface area contributed by atoms with Gasteiger partial charge in [0, 0.05) is 30.6 Å². The Labute approximate surface area is 125 Å². The summed E-state index contributed by atoms with van der Waals surface area (Å²) in [6.45, 7) is 4.54. The van der Waals surface area contributed by atoms with Gasteiger partial charge in [-0.1, -0.05) is 37.6 Å². The van der Waals surface area contributed by atoms with Gasteiger partial charge in [-0.3, -0.25) is 0 Å². The molecule has 0 amide bonds. The number of pyridine rings is 1. The number of benzene rings is 1. The summed E-state index contributed by atoms with van der Waals surface area (Å²) in [5.74, 6) is 2.45. The largest absolute Gasteiger partial charge is 0.356 e. The van der Waals surface area contributed by atoms with Crippen LogP contribution in [-0.2, 0) is 5.88 Å². The quantitative estimate of drug-likeness (QED) is 0.767. The third-order valence-electron chi connectivity index (χ3n) is 4.40. The molecule has 0 N–H and O–H groups in total. The van der Waals surface area contributed by atoms with E-state index in [1.165, 1.54) is 30.0 Å². The Bertz CT molecular complexity index is 597. The molecule has 1 unspecified atom stereocenters. The van der Waals surface area contributed by atoms with Crippen molar-refractivity contribution in [2.75, 3.05) is 18.0 Å². The number of hydrogen-bond donors (Lipinski definition) is 0. The van der Waals surface area contributed by atoms with Gasteiger partial charge in [0.1, 0.15) is 5.82 Å². The Morgan fingerprint density at radius 1 is 1.30 bits per heavy atom.